The molecule has 7 heteroatoms. The number of carbonyl (C=O) groups is 1. The smallest absolute Gasteiger partial charge is 0.416 e. The quantitative estimate of drug-likeness (QED) is 0.853. The van der Waals surface area contributed by atoms with Crippen LogP contribution >= 0.6 is 0 Å². The molecular weight excluding hydrogens is 261 g/mol. The fraction of sp³-hybridized carbons (Fsp3) is 0.333. The van der Waals surface area contributed by atoms with Gasteiger partial charge in [0.25, 0.3) is 0 Å². The van der Waals surface area contributed by atoms with Crippen molar-refractivity contribution in [1.29, 1.82) is 5.26 Å². The molecule has 100 valence electrons. The van der Waals surface area contributed by atoms with E-state index in [9.17, 15) is 18.0 Å². The lowest BCUT2D eigenvalue weighted by molar-refractivity contribution is -0.137. The molecule has 4 nitrogen and oxygen atoms in total. The first-order chi connectivity index (χ1) is 8.81. The number of nitrogens with one attached hydrogen (secondary N) is 1. The molecule has 19 heavy (non-hydrogen) atoms. The summed E-state index contributed by atoms with van der Waals surface area (Å²) in [5, 5.41) is 11.2. The molecule has 1 aromatic carbocycles. The molecule has 1 amide bonds. The Bertz CT molecular complexity index is 563. The van der Waals surface area contributed by atoms with Crippen LogP contribution in [0.1, 0.15) is 29.7 Å². The van der Waals surface area contributed by atoms with E-state index in [0.717, 1.165) is 12.1 Å². The minimum atomic E-state index is -4.55. The SMILES string of the molecule is C[C@@H]1NC(=O)O[C@@H]1c1cc(C#N)cc(C(F)(F)F)c1. The van der Waals surface area contributed by atoms with E-state index in [2.05, 4.69) is 5.32 Å². The summed E-state index contributed by atoms with van der Waals surface area (Å²) in [7, 11) is 0. The Hall–Kier alpha value is -2.23. The van der Waals surface area contributed by atoms with Crippen LogP contribution < -0.4 is 5.32 Å². The second-order valence-electron chi connectivity index (χ2n) is 4.21. The molecule has 1 aliphatic heterocycles. The molecule has 0 saturated carbocycles. The van der Waals surface area contributed by atoms with Crippen molar-refractivity contribution in [1.82, 2.24) is 5.32 Å². The van der Waals surface area contributed by atoms with E-state index in [1.165, 1.54) is 6.07 Å². The minimum Gasteiger partial charge on any atom is -0.439 e. The monoisotopic (exact) mass is 270 g/mol. The molecule has 0 bridgehead atoms. The van der Waals surface area contributed by atoms with E-state index in [-0.39, 0.29) is 11.1 Å². The number of hydrogen-bond acceptors (Lipinski definition) is 3. The number of ether oxygens (including phenoxy) is 1. The molecule has 0 spiro atoms. The molecular formula is C12H9F3N2O2. The van der Waals surface area contributed by atoms with Gasteiger partial charge in [0.2, 0.25) is 0 Å². The average Bonchev–Trinajstić information content (AvgIpc) is 2.66. The van der Waals surface area contributed by atoms with Gasteiger partial charge in [0, 0.05) is 0 Å². The zero-order valence-corrected chi connectivity index (χ0v) is 9.78. The lowest BCUT2D eigenvalue weighted by atomic mass is 9.99. The number of nitrogens with zero attached hydrogens (tertiary/aromatic N) is 1. The third kappa shape index (κ3) is 2.62. The Balaban J connectivity index is 2.46. The van der Waals surface area contributed by atoms with Crippen LogP contribution in [-0.4, -0.2) is 12.1 Å². The zero-order valence-electron chi connectivity index (χ0n) is 9.78. The maximum absolute atomic E-state index is 12.7. The summed E-state index contributed by atoms with van der Waals surface area (Å²) in [6.45, 7) is 1.61. The molecule has 1 aliphatic rings. The molecule has 1 aromatic rings. The first kappa shape index (κ1) is 13.2. The molecule has 1 N–H and O–H groups in total. The van der Waals surface area contributed by atoms with Gasteiger partial charge in [0.1, 0.15) is 6.10 Å². The number of carbonyl (C=O) groups excluding carboxylic acids is 1. The number of alkyl halides is 3. The van der Waals surface area contributed by atoms with Crippen molar-refractivity contribution < 1.29 is 22.7 Å². The van der Waals surface area contributed by atoms with Gasteiger partial charge in [-0.2, -0.15) is 18.4 Å². The van der Waals surface area contributed by atoms with Crippen LogP contribution in [0, 0.1) is 11.3 Å². The largest absolute Gasteiger partial charge is 0.439 e. The van der Waals surface area contributed by atoms with Gasteiger partial charge in [-0.3, -0.25) is 0 Å². The molecule has 2 rings (SSSR count). The molecule has 0 unspecified atom stereocenters. The van der Waals surface area contributed by atoms with Crippen molar-refractivity contribution in [2.45, 2.75) is 25.2 Å². The first-order valence-electron chi connectivity index (χ1n) is 5.40. The van der Waals surface area contributed by atoms with Crippen LogP contribution in [0.15, 0.2) is 18.2 Å². The van der Waals surface area contributed by atoms with Crippen molar-refractivity contribution in [3.8, 4) is 6.07 Å². The van der Waals surface area contributed by atoms with Gasteiger partial charge in [-0.1, -0.05) is 0 Å². The van der Waals surface area contributed by atoms with Crippen LogP contribution in [-0.2, 0) is 10.9 Å². The maximum atomic E-state index is 12.7. The first-order valence-corrected chi connectivity index (χ1v) is 5.40. The van der Waals surface area contributed by atoms with Crippen LogP contribution in [0.4, 0.5) is 18.0 Å². The third-order valence-corrected chi connectivity index (χ3v) is 2.77. The summed E-state index contributed by atoms with van der Waals surface area (Å²) in [5.74, 6) is 0. The number of halogens is 3. The summed E-state index contributed by atoms with van der Waals surface area (Å²) in [6, 6.07) is 4.15. The Morgan fingerprint density at radius 1 is 1.37 bits per heavy atom. The molecule has 1 fully saturated rings. The fourth-order valence-electron chi connectivity index (χ4n) is 1.91. The molecule has 1 saturated heterocycles. The summed E-state index contributed by atoms with van der Waals surface area (Å²) in [5.41, 5.74) is -0.908. The van der Waals surface area contributed by atoms with Crippen molar-refractivity contribution in [3.05, 3.63) is 34.9 Å². The lowest BCUT2D eigenvalue weighted by Gasteiger charge is -2.16. The van der Waals surface area contributed by atoms with Crippen molar-refractivity contribution >= 4 is 6.09 Å². The fourth-order valence-corrected chi connectivity index (χ4v) is 1.91. The number of nitriles is 1. The highest BCUT2D eigenvalue weighted by Gasteiger charge is 2.36. The maximum Gasteiger partial charge on any atom is 0.416 e. The van der Waals surface area contributed by atoms with Gasteiger partial charge in [0.15, 0.2) is 0 Å². The Morgan fingerprint density at radius 3 is 2.53 bits per heavy atom. The normalized spacial score (nSPS) is 22.6. The van der Waals surface area contributed by atoms with Crippen molar-refractivity contribution in [3.63, 3.8) is 0 Å². The number of amides is 1. The number of hydrogen-bond donors (Lipinski definition) is 1. The number of alkyl carbamates (subject to hydrolysis) is 1. The third-order valence-electron chi connectivity index (χ3n) is 2.77. The summed E-state index contributed by atoms with van der Waals surface area (Å²) < 4.78 is 43.0. The number of benzene rings is 1. The average molecular weight is 270 g/mol. The number of rotatable bonds is 1. The highest BCUT2D eigenvalue weighted by molar-refractivity contribution is 5.70. The Labute approximate surface area is 106 Å². The lowest BCUT2D eigenvalue weighted by Crippen LogP contribution is -2.24. The van der Waals surface area contributed by atoms with Crippen LogP contribution in [0.2, 0.25) is 0 Å². The standard InChI is InChI=1S/C12H9F3N2O2/c1-6-10(19-11(18)17-6)8-2-7(5-16)3-9(4-8)12(13,14)15/h2-4,6,10H,1H3,(H,17,18)/t6-,10-/m0/s1. The number of cyclic esters (lactones) is 1. The van der Waals surface area contributed by atoms with Crippen LogP contribution in [0.5, 0.6) is 0 Å². The van der Waals surface area contributed by atoms with Gasteiger partial charge in [-0.25, -0.2) is 4.79 Å². The van der Waals surface area contributed by atoms with E-state index in [4.69, 9.17) is 10.00 Å². The van der Waals surface area contributed by atoms with E-state index in [0.29, 0.717) is 0 Å². The van der Waals surface area contributed by atoms with Gasteiger partial charge in [-0.05, 0) is 30.7 Å². The predicted octanol–water partition coefficient (Wildman–Crippen LogP) is 2.75. The summed E-state index contributed by atoms with van der Waals surface area (Å²) in [6.07, 6.45) is -6.07. The van der Waals surface area contributed by atoms with E-state index >= 15 is 0 Å². The van der Waals surface area contributed by atoms with E-state index in [1.54, 1.807) is 13.0 Å². The van der Waals surface area contributed by atoms with Gasteiger partial charge >= 0.3 is 12.3 Å². The molecule has 2 atom stereocenters. The van der Waals surface area contributed by atoms with Gasteiger partial charge in [0.05, 0.1) is 23.2 Å². The zero-order chi connectivity index (χ0) is 14.2. The Kier molecular flexibility index (Phi) is 3.10. The summed E-state index contributed by atoms with van der Waals surface area (Å²) in [4.78, 5) is 11.1. The highest BCUT2D eigenvalue weighted by Crippen LogP contribution is 2.34. The van der Waals surface area contributed by atoms with Crippen LogP contribution in [0.25, 0.3) is 0 Å². The molecule has 1 heterocycles. The molecule has 0 radical (unpaired) electrons. The van der Waals surface area contributed by atoms with Crippen LogP contribution in [0.3, 0.4) is 0 Å². The highest BCUT2D eigenvalue weighted by atomic mass is 19.4. The van der Waals surface area contributed by atoms with Crippen molar-refractivity contribution in [2.75, 3.05) is 0 Å². The predicted molar refractivity (Wildman–Crippen MR) is 58.0 cm³/mol. The molecule has 0 aromatic heterocycles. The van der Waals surface area contributed by atoms with E-state index in [1.807, 2.05) is 0 Å². The topological polar surface area (TPSA) is 62.1 Å². The Morgan fingerprint density at radius 2 is 2.05 bits per heavy atom. The summed E-state index contributed by atoms with van der Waals surface area (Å²) >= 11 is 0. The van der Waals surface area contributed by atoms with E-state index < -0.39 is 30.0 Å². The molecule has 0 aliphatic carbocycles. The second-order valence-corrected chi connectivity index (χ2v) is 4.21. The minimum absolute atomic E-state index is 0.125. The van der Waals surface area contributed by atoms with Gasteiger partial charge < -0.3 is 10.1 Å². The van der Waals surface area contributed by atoms with Gasteiger partial charge in [-0.15, -0.1) is 0 Å². The second kappa shape index (κ2) is 4.46. The van der Waals surface area contributed by atoms with Crippen molar-refractivity contribution in [2.24, 2.45) is 0 Å².